The average Bonchev–Trinajstić information content (AvgIpc) is 3.11. The molecule has 136 valence electrons. The number of hydrogen-bond acceptors (Lipinski definition) is 3. The second-order valence-electron chi connectivity index (χ2n) is 6.55. The van der Waals surface area contributed by atoms with Gasteiger partial charge in [-0.05, 0) is 18.6 Å². The smallest absolute Gasteiger partial charge is 0.222 e. The van der Waals surface area contributed by atoms with Crippen molar-refractivity contribution in [2.24, 2.45) is 5.16 Å². The Morgan fingerprint density at radius 3 is 2.65 bits per heavy atom. The predicted octanol–water partition coefficient (Wildman–Crippen LogP) is 4.07. The van der Waals surface area contributed by atoms with Gasteiger partial charge in [0.1, 0.15) is 5.82 Å². The van der Waals surface area contributed by atoms with Gasteiger partial charge >= 0.3 is 0 Å². The Hall–Kier alpha value is -2.69. The molecular formula is C21H23FN2O2. The molecule has 1 aliphatic heterocycles. The van der Waals surface area contributed by atoms with Crippen molar-refractivity contribution in [3.8, 4) is 0 Å². The third kappa shape index (κ3) is 4.28. The zero-order valence-electron chi connectivity index (χ0n) is 15.1. The van der Waals surface area contributed by atoms with Gasteiger partial charge in [-0.15, -0.1) is 0 Å². The van der Waals surface area contributed by atoms with Crippen molar-refractivity contribution in [3.05, 3.63) is 71.0 Å². The molecule has 2 aromatic carbocycles. The second kappa shape index (κ2) is 8.13. The molecule has 0 radical (unpaired) electrons. The lowest BCUT2D eigenvalue weighted by Gasteiger charge is -2.24. The summed E-state index contributed by atoms with van der Waals surface area (Å²) in [5.74, 6) is -0.328. The lowest BCUT2D eigenvalue weighted by Crippen LogP contribution is -2.37. The molecule has 3 rings (SSSR count). The number of amides is 1. The maximum atomic E-state index is 14.0. The van der Waals surface area contributed by atoms with Gasteiger partial charge in [0.05, 0.1) is 12.3 Å². The van der Waals surface area contributed by atoms with Crippen LogP contribution in [0.1, 0.15) is 36.5 Å². The van der Waals surface area contributed by atoms with Crippen molar-refractivity contribution in [1.82, 2.24) is 4.90 Å². The SMILES string of the molecule is CCC(=O)N(Cc1ccccc1F)C[C@@H]1CC(c2ccc(C)cc2)=NO1. The van der Waals surface area contributed by atoms with Crippen molar-refractivity contribution in [1.29, 1.82) is 0 Å². The molecule has 0 N–H and O–H groups in total. The Morgan fingerprint density at radius 1 is 1.23 bits per heavy atom. The highest BCUT2D eigenvalue weighted by atomic mass is 19.1. The summed E-state index contributed by atoms with van der Waals surface area (Å²) in [6, 6.07) is 14.7. The summed E-state index contributed by atoms with van der Waals surface area (Å²) < 4.78 is 14.0. The number of benzene rings is 2. The van der Waals surface area contributed by atoms with Crippen molar-refractivity contribution < 1.29 is 14.0 Å². The topological polar surface area (TPSA) is 41.9 Å². The predicted molar refractivity (Wildman–Crippen MR) is 99.3 cm³/mol. The van der Waals surface area contributed by atoms with E-state index in [2.05, 4.69) is 5.16 Å². The Balaban J connectivity index is 1.66. The molecule has 1 heterocycles. The van der Waals surface area contributed by atoms with Gasteiger partial charge in [-0.2, -0.15) is 0 Å². The fraction of sp³-hybridized carbons (Fsp3) is 0.333. The van der Waals surface area contributed by atoms with E-state index in [-0.39, 0.29) is 24.4 Å². The number of carbonyl (C=O) groups is 1. The lowest BCUT2D eigenvalue weighted by atomic mass is 10.0. The maximum absolute atomic E-state index is 14.0. The molecule has 0 aliphatic carbocycles. The van der Waals surface area contributed by atoms with Crippen LogP contribution in [0.2, 0.25) is 0 Å². The quantitative estimate of drug-likeness (QED) is 0.785. The zero-order chi connectivity index (χ0) is 18.5. The first-order valence-electron chi connectivity index (χ1n) is 8.87. The van der Waals surface area contributed by atoms with Crippen molar-refractivity contribution >= 4 is 11.6 Å². The Labute approximate surface area is 153 Å². The average molecular weight is 354 g/mol. The molecule has 2 aromatic rings. The molecule has 1 atom stereocenters. The van der Waals surface area contributed by atoms with Gasteiger partial charge in [0.15, 0.2) is 6.10 Å². The van der Waals surface area contributed by atoms with E-state index in [0.29, 0.717) is 24.9 Å². The summed E-state index contributed by atoms with van der Waals surface area (Å²) in [6.45, 7) is 4.47. The van der Waals surface area contributed by atoms with E-state index in [1.54, 1.807) is 30.0 Å². The van der Waals surface area contributed by atoms with E-state index >= 15 is 0 Å². The van der Waals surface area contributed by atoms with Crippen LogP contribution in [0, 0.1) is 12.7 Å². The van der Waals surface area contributed by atoms with E-state index < -0.39 is 0 Å². The van der Waals surface area contributed by atoms with Gasteiger partial charge in [0, 0.05) is 24.9 Å². The van der Waals surface area contributed by atoms with Gasteiger partial charge in [0.2, 0.25) is 5.91 Å². The Bertz CT molecular complexity index is 802. The minimum atomic E-state index is -0.301. The second-order valence-corrected chi connectivity index (χ2v) is 6.55. The molecule has 1 amide bonds. The number of halogens is 1. The molecule has 4 nitrogen and oxygen atoms in total. The molecular weight excluding hydrogens is 331 g/mol. The highest BCUT2D eigenvalue weighted by molar-refractivity contribution is 6.01. The van der Waals surface area contributed by atoms with Crippen LogP contribution < -0.4 is 0 Å². The highest BCUT2D eigenvalue weighted by Gasteiger charge is 2.26. The molecule has 0 saturated heterocycles. The highest BCUT2D eigenvalue weighted by Crippen LogP contribution is 2.20. The van der Waals surface area contributed by atoms with Crippen LogP contribution in [0.25, 0.3) is 0 Å². The first kappa shape index (κ1) is 18.1. The van der Waals surface area contributed by atoms with Gasteiger partial charge < -0.3 is 9.74 Å². The van der Waals surface area contributed by atoms with Crippen LogP contribution >= 0.6 is 0 Å². The zero-order valence-corrected chi connectivity index (χ0v) is 15.1. The van der Waals surface area contributed by atoms with Crippen LogP contribution in [-0.4, -0.2) is 29.2 Å². The summed E-state index contributed by atoms with van der Waals surface area (Å²) in [5, 5.41) is 4.18. The standard InChI is InChI=1S/C21H23FN2O2/c1-3-21(25)24(13-17-6-4-5-7-19(17)22)14-18-12-20(23-26-18)16-10-8-15(2)9-11-16/h4-11,18H,3,12-14H2,1-2H3/t18-/m0/s1. The minimum absolute atomic E-state index is 0.0272. The number of oxime groups is 1. The Kier molecular flexibility index (Phi) is 5.66. The van der Waals surface area contributed by atoms with Crippen LogP contribution in [0.4, 0.5) is 4.39 Å². The largest absolute Gasteiger partial charge is 0.390 e. The van der Waals surface area contributed by atoms with Crippen molar-refractivity contribution in [2.45, 2.75) is 39.3 Å². The number of nitrogens with zero attached hydrogens (tertiary/aromatic N) is 2. The van der Waals surface area contributed by atoms with Gasteiger partial charge in [-0.25, -0.2) is 4.39 Å². The lowest BCUT2D eigenvalue weighted by molar-refractivity contribution is -0.133. The normalized spacial score (nSPS) is 16.1. The Morgan fingerprint density at radius 2 is 1.96 bits per heavy atom. The first-order valence-corrected chi connectivity index (χ1v) is 8.87. The number of hydrogen-bond donors (Lipinski definition) is 0. The molecule has 0 spiro atoms. The van der Waals surface area contributed by atoms with E-state index in [1.807, 2.05) is 31.2 Å². The maximum Gasteiger partial charge on any atom is 0.222 e. The molecule has 0 bridgehead atoms. The van der Waals surface area contributed by atoms with Gasteiger partial charge in [-0.3, -0.25) is 4.79 Å². The fourth-order valence-electron chi connectivity index (χ4n) is 3.00. The molecule has 0 aromatic heterocycles. The molecule has 26 heavy (non-hydrogen) atoms. The van der Waals surface area contributed by atoms with E-state index in [9.17, 15) is 9.18 Å². The molecule has 0 unspecified atom stereocenters. The number of rotatable bonds is 6. The molecule has 0 saturated carbocycles. The van der Waals surface area contributed by atoms with E-state index in [1.165, 1.54) is 11.6 Å². The van der Waals surface area contributed by atoms with Crippen LogP contribution in [0.3, 0.4) is 0 Å². The number of aryl methyl sites for hydroxylation is 1. The van der Waals surface area contributed by atoms with Gasteiger partial charge in [0.25, 0.3) is 0 Å². The van der Waals surface area contributed by atoms with Crippen LogP contribution in [0.5, 0.6) is 0 Å². The first-order chi connectivity index (χ1) is 12.6. The monoisotopic (exact) mass is 354 g/mol. The van der Waals surface area contributed by atoms with Crippen LogP contribution in [0.15, 0.2) is 53.7 Å². The summed E-state index contributed by atoms with van der Waals surface area (Å²) in [6.07, 6.45) is 0.786. The van der Waals surface area contributed by atoms with Crippen molar-refractivity contribution in [2.75, 3.05) is 6.54 Å². The van der Waals surface area contributed by atoms with Gasteiger partial charge in [-0.1, -0.05) is 60.1 Å². The summed E-state index contributed by atoms with van der Waals surface area (Å²) in [7, 11) is 0. The third-order valence-corrected chi connectivity index (χ3v) is 4.52. The fourth-order valence-corrected chi connectivity index (χ4v) is 3.00. The van der Waals surface area contributed by atoms with Crippen molar-refractivity contribution in [3.63, 3.8) is 0 Å². The number of carbonyl (C=O) groups excluding carboxylic acids is 1. The van der Waals surface area contributed by atoms with E-state index in [0.717, 1.165) is 11.3 Å². The third-order valence-electron chi connectivity index (χ3n) is 4.52. The molecule has 1 aliphatic rings. The summed E-state index contributed by atoms with van der Waals surface area (Å²) in [4.78, 5) is 19.5. The molecule has 5 heteroatoms. The summed E-state index contributed by atoms with van der Waals surface area (Å²) in [5.41, 5.74) is 3.60. The van der Waals surface area contributed by atoms with E-state index in [4.69, 9.17) is 4.84 Å². The molecule has 0 fully saturated rings. The minimum Gasteiger partial charge on any atom is -0.390 e. The summed E-state index contributed by atoms with van der Waals surface area (Å²) >= 11 is 0. The van der Waals surface area contributed by atoms with Crippen LogP contribution in [-0.2, 0) is 16.2 Å².